The zero-order chi connectivity index (χ0) is 22.2. The van der Waals surface area contributed by atoms with E-state index in [-0.39, 0.29) is 12.4 Å². The summed E-state index contributed by atoms with van der Waals surface area (Å²) in [5.74, 6) is 1.62. The Kier molecular flexibility index (Phi) is 9.84. The molecule has 0 radical (unpaired) electrons. The van der Waals surface area contributed by atoms with Gasteiger partial charge in [-0.1, -0.05) is 65.3 Å². The molecule has 0 aliphatic rings. The first-order valence-electron chi connectivity index (χ1n) is 10.0. The number of para-hydroxylation sites is 1. The summed E-state index contributed by atoms with van der Waals surface area (Å²) < 4.78 is 7.76. The zero-order valence-electron chi connectivity index (χ0n) is 17.5. The Balaban J connectivity index is 0.00000306. The third-order valence-corrected chi connectivity index (χ3v) is 6.01. The van der Waals surface area contributed by atoms with Gasteiger partial charge in [0.25, 0.3) is 0 Å². The first kappa shape index (κ1) is 25.3. The fourth-order valence-corrected chi connectivity index (χ4v) is 4.11. The summed E-state index contributed by atoms with van der Waals surface area (Å²) >= 11 is 13.8. The van der Waals surface area contributed by atoms with E-state index >= 15 is 0 Å². The van der Waals surface area contributed by atoms with E-state index in [2.05, 4.69) is 20.8 Å². The molecule has 10 heteroatoms. The van der Waals surface area contributed by atoms with Crippen molar-refractivity contribution in [3.05, 3.63) is 94.0 Å². The molecule has 0 saturated heterocycles. The highest BCUT2D eigenvalue weighted by Gasteiger charge is 2.09. The minimum absolute atomic E-state index is 0. The van der Waals surface area contributed by atoms with Gasteiger partial charge in [0.05, 0.1) is 5.69 Å². The molecule has 172 valence electrons. The average molecular weight is 523 g/mol. The maximum atomic E-state index is 6.21. The van der Waals surface area contributed by atoms with Crippen LogP contribution in [-0.4, -0.2) is 32.5 Å². The standard InChI is InChI=1S/C23H21Cl2N5OS.ClH/c24-19-8-6-17(7-9-19)16-31-22-11-10-20(25)14-18(22)15-26-12-13-32-23-27-28-29-30(23)21-4-2-1-3-5-21;/h1-11,14,26H,12-13,15-16H2;1H. The quantitative estimate of drug-likeness (QED) is 0.208. The number of thioether (sulfide) groups is 1. The van der Waals surface area contributed by atoms with E-state index in [9.17, 15) is 0 Å². The second kappa shape index (κ2) is 12.8. The molecule has 1 aromatic heterocycles. The van der Waals surface area contributed by atoms with Crippen LogP contribution < -0.4 is 10.1 Å². The van der Waals surface area contributed by atoms with Crippen LogP contribution in [0.15, 0.2) is 78.0 Å². The van der Waals surface area contributed by atoms with E-state index in [4.69, 9.17) is 27.9 Å². The molecule has 0 bridgehead atoms. The molecule has 1 N–H and O–H groups in total. The molecule has 33 heavy (non-hydrogen) atoms. The highest BCUT2D eigenvalue weighted by molar-refractivity contribution is 7.99. The molecule has 0 fully saturated rings. The van der Waals surface area contributed by atoms with E-state index in [1.54, 1.807) is 16.4 Å². The number of halogens is 3. The third-order valence-electron chi connectivity index (χ3n) is 4.60. The van der Waals surface area contributed by atoms with Crippen molar-refractivity contribution in [2.75, 3.05) is 12.3 Å². The maximum Gasteiger partial charge on any atom is 0.214 e. The number of benzene rings is 3. The van der Waals surface area contributed by atoms with Crippen molar-refractivity contribution in [3.8, 4) is 11.4 Å². The van der Waals surface area contributed by atoms with E-state index in [0.29, 0.717) is 23.2 Å². The highest BCUT2D eigenvalue weighted by atomic mass is 35.5. The van der Waals surface area contributed by atoms with Gasteiger partial charge in [-0.15, -0.1) is 17.5 Å². The summed E-state index contributed by atoms with van der Waals surface area (Å²) in [7, 11) is 0. The minimum Gasteiger partial charge on any atom is -0.489 e. The van der Waals surface area contributed by atoms with Crippen molar-refractivity contribution in [1.82, 2.24) is 25.5 Å². The number of aromatic nitrogens is 4. The molecule has 1 heterocycles. The average Bonchev–Trinajstić information content (AvgIpc) is 3.28. The number of ether oxygens (including phenoxy) is 1. The number of tetrazole rings is 1. The van der Waals surface area contributed by atoms with Crippen molar-refractivity contribution >= 4 is 47.4 Å². The van der Waals surface area contributed by atoms with Gasteiger partial charge in [-0.25, -0.2) is 0 Å². The van der Waals surface area contributed by atoms with Crippen LogP contribution in [0.1, 0.15) is 11.1 Å². The lowest BCUT2D eigenvalue weighted by Gasteiger charge is -2.13. The largest absolute Gasteiger partial charge is 0.489 e. The molecular formula is C23H22Cl3N5OS. The number of rotatable bonds is 10. The van der Waals surface area contributed by atoms with Crippen LogP contribution in [-0.2, 0) is 13.2 Å². The molecule has 6 nitrogen and oxygen atoms in total. The number of nitrogens with one attached hydrogen (secondary N) is 1. The van der Waals surface area contributed by atoms with Gasteiger partial charge in [0.1, 0.15) is 12.4 Å². The van der Waals surface area contributed by atoms with Crippen molar-refractivity contribution in [1.29, 1.82) is 0 Å². The molecule has 0 saturated carbocycles. The molecule has 4 aromatic rings. The first-order chi connectivity index (χ1) is 15.7. The molecule has 0 spiro atoms. The van der Waals surface area contributed by atoms with Gasteiger partial charge in [0, 0.05) is 34.5 Å². The van der Waals surface area contributed by atoms with Crippen LogP contribution >= 0.6 is 47.4 Å². The van der Waals surface area contributed by atoms with Gasteiger partial charge in [-0.3, -0.25) is 0 Å². The lowest BCUT2D eigenvalue weighted by molar-refractivity contribution is 0.302. The smallest absolute Gasteiger partial charge is 0.214 e. The number of hydrogen-bond donors (Lipinski definition) is 1. The van der Waals surface area contributed by atoms with Crippen LogP contribution in [0, 0.1) is 0 Å². The summed E-state index contributed by atoms with van der Waals surface area (Å²) in [5.41, 5.74) is 3.00. The third kappa shape index (κ3) is 7.35. The molecule has 0 unspecified atom stereocenters. The topological polar surface area (TPSA) is 64.9 Å². The summed E-state index contributed by atoms with van der Waals surface area (Å²) in [6.45, 7) is 1.87. The summed E-state index contributed by atoms with van der Waals surface area (Å²) in [4.78, 5) is 0. The highest BCUT2D eigenvalue weighted by Crippen LogP contribution is 2.24. The van der Waals surface area contributed by atoms with Crippen LogP contribution in [0.3, 0.4) is 0 Å². The van der Waals surface area contributed by atoms with Crippen molar-refractivity contribution in [2.45, 2.75) is 18.3 Å². The maximum absolute atomic E-state index is 6.21. The fraction of sp³-hybridized carbons (Fsp3) is 0.174. The molecule has 0 aliphatic carbocycles. The molecular weight excluding hydrogens is 501 g/mol. The van der Waals surface area contributed by atoms with E-state index in [1.165, 1.54) is 0 Å². The Bertz CT molecular complexity index is 1140. The Morgan fingerprint density at radius 1 is 0.939 bits per heavy atom. The van der Waals surface area contributed by atoms with Crippen molar-refractivity contribution in [3.63, 3.8) is 0 Å². The van der Waals surface area contributed by atoms with Gasteiger partial charge in [0.2, 0.25) is 5.16 Å². The predicted molar refractivity (Wildman–Crippen MR) is 136 cm³/mol. The SMILES string of the molecule is Cl.Clc1ccc(COc2ccc(Cl)cc2CNCCSc2nnnn2-c2ccccc2)cc1. The Hall–Kier alpha value is -2.29. The second-order valence-corrected chi connectivity index (χ2v) is 8.84. The Morgan fingerprint density at radius 2 is 1.70 bits per heavy atom. The summed E-state index contributed by atoms with van der Waals surface area (Å²) in [5, 5.41) is 17.6. The molecule has 4 rings (SSSR count). The van der Waals surface area contributed by atoms with Gasteiger partial charge >= 0.3 is 0 Å². The first-order valence-corrected chi connectivity index (χ1v) is 11.8. The molecule has 0 amide bonds. The Morgan fingerprint density at radius 3 is 2.48 bits per heavy atom. The normalized spacial score (nSPS) is 10.6. The Labute approximate surface area is 213 Å². The van der Waals surface area contributed by atoms with E-state index in [1.807, 2.05) is 72.8 Å². The monoisotopic (exact) mass is 521 g/mol. The number of nitrogens with zero attached hydrogens (tertiary/aromatic N) is 4. The molecule has 3 aromatic carbocycles. The minimum atomic E-state index is 0. The van der Waals surface area contributed by atoms with Crippen LogP contribution in [0.2, 0.25) is 10.0 Å². The van der Waals surface area contributed by atoms with Crippen LogP contribution in [0.25, 0.3) is 5.69 Å². The lowest BCUT2D eigenvalue weighted by Crippen LogP contribution is -2.17. The number of hydrogen-bond acceptors (Lipinski definition) is 6. The summed E-state index contributed by atoms with van der Waals surface area (Å²) in [6, 6.07) is 23.1. The van der Waals surface area contributed by atoms with E-state index < -0.39 is 0 Å². The van der Waals surface area contributed by atoms with E-state index in [0.717, 1.165) is 40.0 Å². The van der Waals surface area contributed by atoms with Gasteiger partial charge in [-0.05, 0) is 58.5 Å². The second-order valence-electron chi connectivity index (χ2n) is 6.90. The van der Waals surface area contributed by atoms with Crippen molar-refractivity contribution in [2.24, 2.45) is 0 Å². The molecule has 0 aliphatic heterocycles. The van der Waals surface area contributed by atoms with Crippen molar-refractivity contribution < 1.29 is 4.74 Å². The zero-order valence-corrected chi connectivity index (χ0v) is 20.7. The van der Waals surface area contributed by atoms with Gasteiger partial charge in [0.15, 0.2) is 0 Å². The van der Waals surface area contributed by atoms with Gasteiger partial charge in [-0.2, -0.15) is 4.68 Å². The van der Waals surface area contributed by atoms with Gasteiger partial charge < -0.3 is 10.1 Å². The fourth-order valence-electron chi connectivity index (χ4n) is 3.01. The lowest BCUT2D eigenvalue weighted by atomic mass is 10.2. The van der Waals surface area contributed by atoms with Crippen LogP contribution in [0.5, 0.6) is 5.75 Å². The predicted octanol–water partition coefficient (Wildman–Crippen LogP) is 5.85. The molecule has 0 atom stereocenters. The summed E-state index contributed by atoms with van der Waals surface area (Å²) in [6.07, 6.45) is 0. The van der Waals surface area contributed by atoms with Crippen LogP contribution in [0.4, 0.5) is 0 Å².